The first-order chi connectivity index (χ1) is 17.6. The highest BCUT2D eigenvalue weighted by atomic mass is 19.4. The summed E-state index contributed by atoms with van der Waals surface area (Å²) in [7, 11) is 0. The first-order valence-corrected chi connectivity index (χ1v) is 12.1. The summed E-state index contributed by atoms with van der Waals surface area (Å²) in [5, 5.41) is 7.12. The number of carboxylic acid groups (broad SMARTS) is 1. The van der Waals surface area contributed by atoms with Crippen molar-refractivity contribution in [1.82, 2.24) is 14.7 Å². The highest BCUT2D eigenvalue weighted by Crippen LogP contribution is 2.32. The Morgan fingerprint density at radius 1 is 1.05 bits per heavy atom. The number of nitrogens with zero attached hydrogens (tertiary/aromatic N) is 4. The Bertz CT molecular complexity index is 1210. The number of aliphatic carboxylic acids is 1. The van der Waals surface area contributed by atoms with E-state index in [9.17, 15) is 18.0 Å². The van der Waals surface area contributed by atoms with Gasteiger partial charge in [-0.15, -0.1) is 0 Å². The number of carbonyl (C=O) groups excluding carboxylic acids is 1. The van der Waals surface area contributed by atoms with Crippen LogP contribution >= 0.6 is 0 Å². The van der Waals surface area contributed by atoms with Crippen molar-refractivity contribution in [2.75, 3.05) is 32.7 Å². The lowest BCUT2D eigenvalue weighted by Gasteiger charge is -2.42. The zero-order valence-corrected chi connectivity index (χ0v) is 20.5. The lowest BCUT2D eigenvalue weighted by Crippen LogP contribution is -2.54. The topological polar surface area (TPSA) is 76.5 Å². The monoisotopic (exact) mass is 514 g/mol. The van der Waals surface area contributed by atoms with Gasteiger partial charge in [-0.05, 0) is 30.0 Å². The van der Waals surface area contributed by atoms with Crippen LogP contribution in [0.15, 0.2) is 70.9 Å². The van der Waals surface area contributed by atoms with Gasteiger partial charge < -0.3 is 10.0 Å². The fraction of sp³-hybridized carbons (Fsp3) is 0.370. The van der Waals surface area contributed by atoms with Gasteiger partial charge in [-0.2, -0.15) is 13.2 Å². The summed E-state index contributed by atoms with van der Waals surface area (Å²) in [4.78, 5) is 33.8. The molecule has 2 aromatic carbocycles. The summed E-state index contributed by atoms with van der Waals surface area (Å²) in [5.41, 5.74) is 5.91. The minimum atomic E-state index is -5.08. The minimum Gasteiger partial charge on any atom is -0.475 e. The number of alkyl halides is 3. The smallest absolute Gasteiger partial charge is 0.475 e. The van der Waals surface area contributed by atoms with Crippen molar-refractivity contribution in [2.45, 2.75) is 32.5 Å². The second-order valence-electron chi connectivity index (χ2n) is 9.14. The molecule has 1 N–H and O–H groups in total. The van der Waals surface area contributed by atoms with Gasteiger partial charge in [0.15, 0.2) is 0 Å². The number of carbonyl (C=O) groups is 2. The summed E-state index contributed by atoms with van der Waals surface area (Å²) < 4.78 is 31.7. The van der Waals surface area contributed by atoms with E-state index in [2.05, 4.69) is 59.2 Å². The largest absolute Gasteiger partial charge is 0.490 e. The van der Waals surface area contributed by atoms with Crippen LogP contribution in [0.3, 0.4) is 0 Å². The van der Waals surface area contributed by atoms with Gasteiger partial charge in [0.2, 0.25) is 5.96 Å². The molecule has 0 saturated heterocycles. The second kappa shape index (κ2) is 11.2. The van der Waals surface area contributed by atoms with Crippen molar-refractivity contribution in [1.29, 1.82) is 0 Å². The molecular weight excluding hydrogens is 485 g/mol. The molecule has 0 atom stereocenters. The normalized spacial score (nSPS) is 17.6. The SMILES string of the molecule is Cc1ccccc1CN1C(=O)C2=C(CCN(CCc3ccccc3)C2)N2CCN=C12.O=C(O)C(F)(F)F. The molecule has 0 saturated carbocycles. The van der Waals surface area contributed by atoms with Crippen molar-refractivity contribution in [3.63, 3.8) is 0 Å². The summed E-state index contributed by atoms with van der Waals surface area (Å²) >= 11 is 0. The quantitative estimate of drug-likeness (QED) is 0.656. The van der Waals surface area contributed by atoms with Crippen LogP contribution in [0, 0.1) is 6.92 Å². The van der Waals surface area contributed by atoms with Gasteiger partial charge in [-0.1, -0.05) is 54.6 Å². The van der Waals surface area contributed by atoms with E-state index in [-0.39, 0.29) is 5.91 Å². The maximum atomic E-state index is 13.6. The van der Waals surface area contributed by atoms with E-state index in [1.54, 1.807) is 0 Å². The van der Waals surface area contributed by atoms with Crippen molar-refractivity contribution in [3.05, 3.63) is 82.6 Å². The molecule has 3 aliphatic rings. The molecule has 0 bridgehead atoms. The average Bonchev–Trinajstić information content (AvgIpc) is 3.37. The van der Waals surface area contributed by atoms with Crippen LogP contribution in [0.25, 0.3) is 0 Å². The lowest BCUT2D eigenvalue weighted by atomic mass is 9.99. The Morgan fingerprint density at radius 3 is 2.41 bits per heavy atom. The van der Waals surface area contributed by atoms with Crippen molar-refractivity contribution in [2.24, 2.45) is 4.99 Å². The molecular formula is C27H29F3N4O3. The second-order valence-corrected chi connectivity index (χ2v) is 9.14. The van der Waals surface area contributed by atoms with Gasteiger partial charge in [0.25, 0.3) is 5.91 Å². The number of amides is 1. The number of hydrogen-bond donors (Lipinski definition) is 1. The summed E-state index contributed by atoms with van der Waals surface area (Å²) in [6.45, 7) is 7.05. The number of halogens is 3. The summed E-state index contributed by atoms with van der Waals surface area (Å²) in [6, 6.07) is 18.9. The Balaban J connectivity index is 0.000000405. The van der Waals surface area contributed by atoms with Crippen LogP contribution < -0.4 is 0 Å². The summed E-state index contributed by atoms with van der Waals surface area (Å²) in [6.07, 6.45) is -3.14. The molecule has 10 heteroatoms. The Kier molecular flexibility index (Phi) is 7.97. The number of carboxylic acids is 1. The zero-order valence-electron chi connectivity index (χ0n) is 20.5. The molecule has 0 aliphatic carbocycles. The van der Waals surface area contributed by atoms with Gasteiger partial charge >= 0.3 is 12.1 Å². The number of rotatable bonds is 5. The molecule has 0 aromatic heterocycles. The Labute approximate surface area is 213 Å². The molecule has 1 amide bonds. The molecule has 37 heavy (non-hydrogen) atoms. The number of fused-ring (bicyclic) bond motifs is 2. The van der Waals surface area contributed by atoms with E-state index in [1.165, 1.54) is 22.4 Å². The van der Waals surface area contributed by atoms with Crippen LogP contribution in [-0.4, -0.2) is 76.5 Å². The highest BCUT2D eigenvalue weighted by molar-refractivity contribution is 6.09. The zero-order chi connectivity index (χ0) is 26.6. The Hall–Kier alpha value is -3.66. The van der Waals surface area contributed by atoms with Gasteiger partial charge in [0.1, 0.15) is 0 Å². The predicted molar refractivity (Wildman–Crippen MR) is 133 cm³/mol. The van der Waals surface area contributed by atoms with Gasteiger partial charge in [0.05, 0.1) is 18.7 Å². The summed E-state index contributed by atoms with van der Waals surface area (Å²) in [5.74, 6) is -1.78. The number of guanidine groups is 1. The van der Waals surface area contributed by atoms with Gasteiger partial charge in [0, 0.05) is 38.3 Å². The third-order valence-corrected chi connectivity index (χ3v) is 6.68. The molecule has 3 heterocycles. The van der Waals surface area contributed by atoms with E-state index in [1.807, 2.05) is 17.0 Å². The third kappa shape index (κ3) is 6.19. The van der Waals surface area contributed by atoms with E-state index in [0.717, 1.165) is 57.1 Å². The highest BCUT2D eigenvalue weighted by Gasteiger charge is 2.41. The van der Waals surface area contributed by atoms with Crippen LogP contribution in [0.4, 0.5) is 13.2 Å². The van der Waals surface area contributed by atoms with Crippen LogP contribution in [0.2, 0.25) is 0 Å². The molecule has 196 valence electrons. The minimum absolute atomic E-state index is 0.134. The number of hydrogen-bond acceptors (Lipinski definition) is 5. The molecule has 7 nitrogen and oxygen atoms in total. The lowest BCUT2D eigenvalue weighted by molar-refractivity contribution is -0.192. The van der Waals surface area contributed by atoms with E-state index in [4.69, 9.17) is 14.9 Å². The third-order valence-electron chi connectivity index (χ3n) is 6.68. The van der Waals surface area contributed by atoms with Gasteiger partial charge in [-0.3, -0.25) is 19.6 Å². The van der Waals surface area contributed by atoms with Crippen molar-refractivity contribution < 1.29 is 27.9 Å². The molecule has 2 aromatic rings. The predicted octanol–water partition coefficient (Wildman–Crippen LogP) is 3.84. The Morgan fingerprint density at radius 2 is 1.73 bits per heavy atom. The molecule has 0 unspecified atom stereocenters. The number of aryl methyl sites for hydroxylation is 1. The average molecular weight is 515 g/mol. The fourth-order valence-electron chi connectivity index (χ4n) is 4.70. The molecule has 0 radical (unpaired) electrons. The first kappa shape index (κ1) is 26.4. The van der Waals surface area contributed by atoms with Crippen LogP contribution in [0.5, 0.6) is 0 Å². The molecule has 0 fully saturated rings. The van der Waals surface area contributed by atoms with E-state index >= 15 is 0 Å². The van der Waals surface area contributed by atoms with E-state index in [0.29, 0.717) is 6.54 Å². The molecule has 5 rings (SSSR count). The number of aliphatic imine (C=N–C) groups is 1. The molecule has 3 aliphatic heterocycles. The fourth-order valence-corrected chi connectivity index (χ4v) is 4.70. The van der Waals surface area contributed by atoms with Crippen molar-refractivity contribution >= 4 is 17.8 Å². The maximum Gasteiger partial charge on any atom is 0.490 e. The first-order valence-electron chi connectivity index (χ1n) is 12.1. The number of benzene rings is 2. The van der Waals surface area contributed by atoms with Crippen LogP contribution in [0.1, 0.15) is 23.1 Å². The maximum absolute atomic E-state index is 13.6. The van der Waals surface area contributed by atoms with Gasteiger partial charge in [-0.25, -0.2) is 4.79 Å². The van der Waals surface area contributed by atoms with Crippen molar-refractivity contribution in [3.8, 4) is 0 Å². The molecule has 0 spiro atoms. The van der Waals surface area contributed by atoms with E-state index < -0.39 is 12.1 Å². The van der Waals surface area contributed by atoms with Crippen LogP contribution in [-0.2, 0) is 22.6 Å². The standard InChI is InChI=1S/C25H28N4O.C2HF3O2/c1-19-7-5-6-10-21(19)17-29-24(30)22-18-27(14-11-20-8-3-2-4-9-20)15-12-23(22)28-16-13-26-25(28)29;3-2(4,5)1(6)7/h2-10H,11-18H2,1H3;(H,6,7).